The molecule has 38 heavy (non-hydrogen) atoms. The van der Waals surface area contributed by atoms with Crippen molar-refractivity contribution in [2.45, 2.75) is 26.6 Å². The van der Waals surface area contributed by atoms with E-state index in [1.54, 1.807) is 0 Å². The van der Waals surface area contributed by atoms with Gasteiger partial charge in [-0.15, -0.1) is 0 Å². The Bertz CT molecular complexity index is 1500. The van der Waals surface area contributed by atoms with Gasteiger partial charge in [-0.1, -0.05) is 29.8 Å². The number of halogens is 4. The average Bonchev–Trinajstić information content (AvgIpc) is 3.16. The molecule has 0 aliphatic heterocycles. The minimum atomic E-state index is -4.69. The van der Waals surface area contributed by atoms with Gasteiger partial charge in [0.15, 0.2) is 0 Å². The number of nitrogens with zero attached hydrogens (tertiary/aromatic N) is 3. The van der Waals surface area contributed by atoms with Gasteiger partial charge in [-0.3, -0.25) is 15.5 Å². The summed E-state index contributed by atoms with van der Waals surface area (Å²) < 4.78 is 46.6. The summed E-state index contributed by atoms with van der Waals surface area (Å²) >= 11 is 6.18. The van der Waals surface area contributed by atoms with Gasteiger partial charge in [0.25, 0.3) is 5.69 Å². The zero-order chi connectivity index (χ0) is 27.4. The number of rotatable bonds is 8. The van der Waals surface area contributed by atoms with Gasteiger partial charge in [0.1, 0.15) is 18.0 Å². The first kappa shape index (κ1) is 26.7. The molecule has 1 aromatic heterocycles. The van der Waals surface area contributed by atoms with Gasteiger partial charge < -0.3 is 9.30 Å². The molecule has 196 valence electrons. The Morgan fingerprint density at radius 1 is 1.08 bits per heavy atom. The third-order valence-corrected chi connectivity index (χ3v) is 6.20. The summed E-state index contributed by atoms with van der Waals surface area (Å²) in [4.78, 5) is 10.4. The molecule has 0 atom stereocenters. The normalized spacial score (nSPS) is 11.6. The molecule has 4 rings (SSSR count). The van der Waals surface area contributed by atoms with Gasteiger partial charge in [-0.25, -0.2) is 0 Å². The van der Waals surface area contributed by atoms with Crippen molar-refractivity contribution in [2.75, 3.05) is 5.43 Å². The van der Waals surface area contributed by atoms with E-state index in [0.717, 1.165) is 40.3 Å². The second-order valence-electron chi connectivity index (χ2n) is 8.39. The molecule has 0 unspecified atom stereocenters. The van der Waals surface area contributed by atoms with Crippen molar-refractivity contribution in [1.82, 2.24) is 4.57 Å². The third-order valence-electron chi connectivity index (χ3n) is 5.83. The van der Waals surface area contributed by atoms with Crippen molar-refractivity contribution in [1.29, 1.82) is 0 Å². The Labute approximate surface area is 221 Å². The van der Waals surface area contributed by atoms with E-state index in [-0.39, 0.29) is 5.69 Å². The highest BCUT2D eigenvalue weighted by atomic mass is 35.5. The minimum Gasteiger partial charge on any atom is -0.489 e. The first-order chi connectivity index (χ1) is 18.0. The van der Waals surface area contributed by atoms with E-state index in [9.17, 15) is 23.3 Å². The van der Waals surface area contributed by atoms with E-state index < -0.39 is 22.4 Å². The zero-order valence-electron chi connectivity index (χ0n) is 20.3. The van der Waals surface area contributed by atoms with Crippen LogP contribution in [0.15, 0.2) is 77.9 Å². The Hall–Kier alpha value is -4.31. The molecular formula is C27H22ClF3N4O3. The van der Waals surface area contributed by atoms with Crippen LogP contribution in [0, 0.1) is 24.0 Å². The highest BCUT2D eigenvalue weighted by Crippen LogP contribution is 2.35. The highest BCUT2D eigenvalue weighted by Gasteiger charge is 2.33. The van der Waals surface area contributed by atoms with Gasteiger partial charge in [-0.2, -0.15) is 18.3 Å². The summed E-state index contributed by atoms with van der Waals surface area (Å²) in [6, 6.07) is 19.1. The molecule has 0 aliphatic carbocycles. The van der Waals surface area contributed by atoms with E-state index in [1.807, 2.05) is 73.0 Å². The van der Waals surface area contributed by atoms with Crippen LogP contribution in [0.4, 0.5) is 24.5 Å². The molecule has 0 bridgehead atoms. The summed E-state index contributed by atoms with van der Waals surface area (Å²) in [5.41, 5.74) is 4.75. The molecule has 0 aliphatic rings. The zero-order valence-corrected chi connectivity index (χ0v) is 21.0. The lowest BCUT2D eigenvalue weighted by Crippen LogP contribution is -2.06. The fraction of sp³-hybridized carbons (Fsp3) is 0.148. The fourth-order valence-corrected chi connectivity index (χ4v) is 4.10. The van der Waals surface area contributed by atoms with Crippen LogP contribution in [0.1, 0.15) is 28.1 Å². The second-order valence-corrected chi connectivity index (χ2v) is 8.80. The number of nitro groups is 1. The van der Waals surface area contributed by atoms with E-state index >= 15 is 0 Å². The van der Waals surface area contributed by atoms with Crippen LogP contribution in [0.2, 0.25) is 5.02 Å². The maximum absolute atomic E-state index is 12.9. The molecule has 0 radical (unpaired) electrons. The fourth-order valence-electron chi connectivity index (χ4n) is 3.91. The van der Waals surface area contributed by atoms with Crippen LogP contribution >= 0.6 is 11.6 Å². The Morgan fingerprint density at radius 3 is 2.45 bits per heavy atom. The average molecular weight is 543 g/mol. The van der Waals surface area contributed by atoms with Gasteiger partial charge in [0.05, 0.1) is 16.7 Å². The molecule has 3 aromatic carbocycles. The minimum absolute atomic E-state index is 0.152. The van der Waals surface area contributed by atoms with Crippen LogP contribution in [0.25, 0.3) is 5.69 Å². The molecule has 7 nitrogen and oxygen atoms in total. The third kappa shape index (κ3) is 5.97. The molecule has 0 saturated heterocycles. The first-order valence-electron chi connectivity index (χ1n) is 11.3. The standard InChI is InChI=1S/C27H22ClF3N4O3/c1-17-13-20(15-32-33-25-12-7-21(27(29,30)31)14-26(25)35(36)37)18(2)34(17)22-8-10-23(11-9-22)38-16-19-5-3-4-6-24(19)28/h3-15,33H,16H2,1-2H3/b32-15-. The predicted molar refractivity (Wildman–Crippen MR) is 140 cm³/mol. The smallest absolute Gasteiger partial charge is 0.416 e. The molecule has 0 spiro atoms. The monoisotopic (exact) mass is 542 g/mol. The Morgan fingerprint density at radius 2 is 1.79 bits per heavy atom. The summed E-state index contributed by atoms with van der Waals surface area (Å²) in [6.07, 6.45) is -3.23. The maximum Gasteiger partial charge on any atom is 0.416 e. The lowest BCUT2D eigenvalue weighted by atomic mass is 10.1. The number of hydrogen-bond acceptors (Lipinski definition) is 5. The van der Waals surface area contributed by atoms with E-state index in [4.69, 9.17) is 16.3 Å². The summed E-state index contributed by atoms with van der Waals surface area (Å²) in [5, 5.41) is 15.9. The van der Waals surface area contributed by atoms with Crippen molar-refractivity contribution < 1.29 is 22.8 Å². The molecular weight excluding hydrogens is 521 g/mol. The Kier molecular flexibility index (Phi) is 7.72. The number of alkyl halides is 3. The molecule has 0 amide bonds. The molecule has 11 heteroatoms. The van der Waals surface area contributed by atoms with E-state index in [2.05, 4.69) is 10.5 Å². The van der Waals surface area contributed by atoms with Crippen molar-refractivity contribution in [3.8, 4) is 11.4 Å². The van der Waals surface area contributed by atoms with Gasteiger partial charge in [0.2, 0.25) is 0 Å². The SMILES string of the molecule is Cc1cc(/C=N\Nc2ccc(C(F)(F)F)cc2[N+](=O)[O-])c(C)n1-c1ccc(OCc2ccccc2Cl)cc1. The molecule has 0 saturated carbocycles. The quantitative estimate of drug-likeness (QED) is 0.140. The number of hydrogen-bond donors (Lipinski definition) is 1. The van der Waals surface area contributed by atoms with Crippen molar-refractivity contribution >= 4 is 29.2 Å². The van der Waals surface area contributed by atoms with E-state index in [0.29, 0.717) is 23.4 Å². The Balaban J connectivity index is 1.48. The largest absolute Gasteiger partial charge is 0.489 e. The van der Waals surface area contributed by atoms with Crippen molar-refractivity contribution in [3.63, 3.8) is 0 Å². The van der Waals surface area contributed by atoms with Crippen LogP contribution in [-0.4, -0.2) is 15.7 Å². The lowest BCUT2D eigenvalue weighted by molar-refractivity contribution is -0.384. The van der Waals surface area contributed by atoms with Gasteiger partial charge in [0, 0.05) is 39.3 Å². The van der Waals surface area contributed by atoms with Crippen LogP contribution in [-0.2, 0) is 12.8 Å². The lowest BCUT2D eigenvalue weighted by Gasteiger charge is -2.12. The topological polar surface area (TPSA) is 81.7 Å². The van der Waals surface area contributed by atoms with Crippen LogP contribution < -0.4 is 10.2 Å². The first-order valence-corrected chi connectivity index (χ1v) is 11.7. The second kappa shape index (κ2) is 11.0. The number of anilines is 1. The van der Waals surface area contributed by atoms with Crippen molar-refractivity contribution in [3.05, 3.63) is 116 Å². The number of ether oxygens (including phenoxy) is 1. The predicted octanol–water partition coefficient (Wildman–Crippen LogP) is 7.70. The highest BCUT2D eigenvalue weighted by molar-refractivity contribution is 6.31. The molecule has 0 fully saturated rings. The number of nitro benzene ring substituents is 1. The number of aryl methyl sites for hydroxylation is 1. The summed E-state index contributed by atoms with van der Waals surface area (Å²) in [5.74, 6) is 0.681. The van der Waals surface area contributed by atoms with Crippen LogP contribution in [0.5, 0.6) is 5.75 Å². The van der Waals surface area contributed by atoms with E-state index in [1.165, 1.54) is 6.21 Å². The number of hydrazone groups is 1. The number of benzene rings is 3. The van der Waals surface area contributed by atoms with Crippen molar-refractivity contribution in [2.24, 2.45) is 5.10 Å². The molecule has 1 heterocycles. The number of nitrogens with one attached hydrogen (secondary N) is 1. The van der Waals surface area contributed by atoms with Gasteiger partial charge in [-0.05, 0) is 62.4 Å². The summed E-state index contributed by atoms with van der Waals surface area (Å²) in [6.45, 7) is 4.14. The molecule has 1 N–H and O–H groups in total. The maximum atomic E-state index is 12.9. The number of aromatic nitrogens is 1. The van der Waals surface area contributed by atoms with Crippen LogP contribution in [0.3, 0.4) is 0 Å². The molecule has 4 aromatic rings. The van der Waals surface area contributed by atoms with Gasteiger partial charge >= 0.3 is 6.18 Å². The summed E-state index contributed by atoms with van der Waals surface area (Å²) in [7, 11) is 0.